The molecule has 0 unspecified atom stereocenters. The van der Waals surface area contributed by atoms with Gasteiger partial charge in [0.2, 0.25) is 11.8 Å². The Bertz CT molecular complexity index is 752. The van der Waals surface area contributed by atoms with E-state index in [0.29, 0.717) is 23.7 Å². The van der Waals surface area contributed by atoms with Crippen molar-refractivity contribution in [3.8, 4) is 0 Å². The molecule has 0 aliphatic heterocycles. The Balaban J connectivity index is 1.87. The summed E-state index contributed by atoms with van der Waals surface area (Å²) < 4.78 is 13.1. The minimum absolute atomic E-state index is 0.0294. The van der Waals surface area contributed by atoms with Crippen molar-refractivity contribution in [1.29, 1.82) is 0 Å². The molecule has 0 bridgehead atoms. The van der Waals surface area contributed by atoms with Crippen LogP contribution in [0.5, 0.6) is 0 Å². The van der Waals surface area contributed by atoms with E-state index in [2.05, 4.69) is 5.32 Å². The summed E-state index contributed by atoms with van der Waals surface area (Å²) in [7, 11) is 0. The molecule has 2 amide bonds. The lowest BCUT2D eigenvalue weighted by Gasteiger charge is -2.21. The first-order valence-electron chi connectivity index (χ1n) is 8.02. The van der Waals surface area contributed by atoms with Gasteiger partial charge in [-0.3, -0.25) is 9.59 Å². The molecule has 0 atom stereocenters. The van der Waals surface area contributed by atoms with E-state index in [1.807, 2.05) is 25.1 Å². The predicted molar refractivity (Wildman–Crippen MR) is 95.7 cm³/mol. The molecular weight excluding hydrogens is 343 g/mol. The average molecular weight is 363 g/mol. The molecule has 0 fully saturated rings. The van der Waals surface area contributed by atoms with Gasteiger partial charge in [0.1, 0.15) is 5.82 Å². The molecule has 2 aromatic rings. The van der Waals surface area contributed by atoms with Crippen LogP contribution in [0.3, 0.4) is 0 Å². The lowest BCUT2D eigenvalue weighted by atomic mass is 10.1. The molecule has 132 valence electrons. The number of benzene rings is 2. The fourth-order valence-corrected chi connectivity index (χ4v) is 2.58. The van der Waals surface area contributed by atoms with Crippen molar-refractivity contribution >= 4 is 23.4 Å². The summed E-state index contributed by atoms with van der Waals surface area (Å²) in [6.07, 6.45) is 0.0294. The third kappa shape index (κ3) is 5.87. The molecule has 2 rings (SSSR count). The van der Waals surface area contributed by atoms with E-state index in [1.165, 1.54) is 12.1 Å². The van der Waals surface area contributed by atoms with Crippen molar-refractivity contribution < 1.29 is 14.0 Å². The molecule has 0 heterocycles. The van der Waals surface area contributed by atoms with Gasteiger partial charge in [-0.15, -0.1) is 0 Å². The summed E-state index contributed by atoms with van der Waals surface area (Å²) in [5, 5.41) is 3.18. The monoisotopic (exact) mass is 362 g/mol. The van der Waals surface area contributed by atoms with Crippen molar-refractivity contribution in [1.82, 2.24) is 10.2 Å². The Morgan fingerprint density at radius 3 is 2.60 bits per heavy atom. The van der Waals surface area contributed by atoms with Crippen LogP contribution in [0.4, 0.5) is 4.39 Å². The van der Waals surface area contributed by atoms with Crippen LogP contribution in [0.25, 0.3) is 0 Å². The van der Waals surface area contributed by atoms with Gasteiger partial charge >= 0.3 is 0 Å². The standard InChI is InChI=1S/C19H20ClFN2O2/c1-2-23(13-15-7-3-4-9-17(15)20)19(25)12-22-18(24)11-14-6-5-8-16(21)10-14/h3-10H,2,11-13H2,1H3,(H,22,24). The number of amides is 2. The fourth-order valence-electron chi connectivity index (χ4n) is 2.39. The summed E-state index contributed by atoms with van der Waals surface area (Å²) in [4.78, 5) is 25.8. The van der Waals surface area contributed by atoms with Crippen LogP contribution in [0.2, 0.25) is 5.02 Å². The molecule has 0 aromatic heterocycles. The van der Waals surface area contributed by atoms with E-state index in [9.17, 15) is 14.0 Å². The maximum absolute atomic E-state index is 13.1. The number of likely N-dealkylation sites (N-methyl/N-ethyl adjacent to an activating group) is 1. The van der Waals surface area contributed by atoms with Crippen molar-refractivity contribution in [3.05, 3.63) is 70.5 Å². The Hall–Kier alpha value is -2.40. The second kappa shape index (κ2) is 9.18. The molecule has 0 aliphatic rings. The molecule has 1 N–H and O–H groups in total. The normalized spacial score (nSPS) is 10.4. The summed E-state index contributed by atoms with van der Waals surface area (Å²) in [5.74, 6) is -0.916. The van der Waals surface area contributed by atoms with E-state index < -0.39 is 5.82 Å². The van der Waals surface area contributed by atoms with Gasteiger partial charge in [-0.25, -0.2) is 4.39 Å². The van der Waals surface area contributed by atoms with E-state index in [4.69, 9.17) is 11.6 Å². The number of rotatable bonds is 7. The second-order valence-corrected chi connectivity index (χ2v) is 5.99. The number of hydrogen-bond donors (Lipinski definition) is 1. The van der Waals surface area contributed by atoms with Crippen LogP contribution in [0.1, 0.15) is 18.1 Å². The first-order valence-corrected chi connectivity index (χ1v) is 8.39. The first-order chi connectivity index (χ1) is 12.0. The Kier molecular flexibility index (Phi) is 6.95. The number of hydrogen-bond acceptors (Lipinski definition) is 2. The van der Waals surface area contributed by atoms with E-state index in [0.717, 1.165) is 5.56 Å². The van der Waals surface area contributed by atoms with Crippen LogP contribution in [-0.4, -0.2) is 29.8 Å². The lowest BCUT2D eigenvalue weighted by molar-refractivity contribution is -0.133. The van der Waals surface area contributed by atoms with Crippen LogP contribution in [-0.2, 0) is 22.6 Å². The number of nitrogens with one attached hydrogen (secondary N) is 1. The van der Waals surface area contributed by atoms with Gasteiger partial charge in [0, 0.05) is 18.1 Å². The Morgan fingerprint density at radius 2 is 1.92 bits per heavy atom. The highest BCUT2D eigenvalue weighted by molar-refractivity contribution is 6.31. The summed E-state index contributed by atoms with van der Waals surface area (Å²) in [6.45, 7) is 2.65. The highest BCUT2D eigenvalue weighted by atomic mass is 35.5. The molecule has 0 saturated carbocycles. The summed E-state index contributed by atoms with van der Waals surface area (Å²) in [5.41, 5.74) is 1.42. The van der Waals surface area contributed by atoms with Gasteiger partial charge in [-0.05, 0) is 36.2 Å². The van der Waals surface area contributed by atoms with Crippen LogP contribution < -0.4 is 5.32 Å². The average Bonchev–Trinajstić information content (AvgIpc) is 2.59. The maximum Gasteiger partial charge on any atom is 0.242 e. The lowest BCUT2D eigenvalue weighted by Crippen LogP contribution is -2.40. The SMILES string of the molecule is CCN(Cc1ccccc1Cl)C(=O)CNC(=O)Cc1cccc(F)c1. The predicted octanol–water partition coefficient (Wildman–Crippen LogP) is 3.19. The first kappa shape index (κ1) is 18.9. The van der Waals surface area contributed by atoms with Crippen molar-refractivity contribution in [2.24, 2.45) is 0 Å². The quantitative estimate of drug-likeness (QED) is 0.822. The van der Waals surface area contributed by atoms with Crippen molar-refractivity contribution in [3.63, 3.8) is 0 Å². The molecule has 0 saturated heterocycles. The van der Waals surface area contributed by atoms with Gasteiger partial charge in [0.05, 0.1) is 13.0 Å². The van der Waals surface area contributed by atoms with Gasteiger partial charge in [-0.1, -0.05) is 41.9 Å². The van der Waals surface area contributed by atoms with Gasteiger partial charge in [-0.2, -0.15) is 0 Å². The minimum Gasteiger partial charge on any atom is -0.347 e. The highest BCUT2D eigenvalue weighted by Crippen LogP contribution is 2.16. The van der Waals surface area contributed by atoms with Crippen molar-refractivity contribution in [2.75, 3.05) is 13.1 Å². The molecule has 6 heteroatoms. The number of carbonyl (C=O) groups is 2. The summed E-state index contributed by atoms with van der Waals surface area (Å²) >= 11 is 6.12. The van der Waals surface area contributed by atoms with Crippen molar-refractivity contribution in [2.45, 2.75) is 19.9 Å². The molecule has 0 spiro atoms. The second-order valence-electron chi connectivity index (χ2n) is 5.58. The van der Waals surface area contributed by atoms with Gasteiger partial charge in [0.25, 0.3) is 0 Å². The van der Waals surface area contributed by atoms with E-state index >= 15 is 0 Å². The molecule has 4 nitrogen and oxygen atoms in total. The van der Waals surface area contributed by atoms with Gasteiger partial charge in [0.15, 0.2) is 0 Å². The third-order valence-corrected chi connectivity index (χ3v) is 4.11. The molecule has 0 aliphatic carbocycles. The molecule has 2 aromatic carbocycles. The largest absolute Gasteiger partial charge is 0.347 e. The summed E-state index contributed by atoms with van der Waals surface area (Å²) in [6, 6.07) is 13.2. The number of carbonyl (C=O) groups excluding carboxylic acids is 2. The van der Waals surface area contributed by atoms with Crippen LogP contribution in [0.15, 0.2) is 48.5 Å². The zero-order valence-corrected chi connectivity index (χ0v) is 14.7. The Morgan fingerprint density at radius 1 is 1.16 bits per heavy atom. The smallest absolute Gasteiger partial charge is 0.242 e. The third-order valence-electron chi connectivity index (χ3n) is 3.74. The van der Waals surface area contributed by atoms with Gasteiger partial charge < -0.3 is 10.2 Å². The minimum atomic E-state index is -0.390. The van der Waals surface area contributed by atoms with Crippen LogP contribution >= 0.6 is 11.6 Å². The molecular formula is C19H20ClFN2O2. The highest BCUT2D eigenvalue weighted by Gasteiger charge is 2.15. The molecule has 0 radical (unpaired) electrons. The van der Waals surface area contributed by atoms with Crippen LogP contribution in [0, 0.1) is 5.82 Å². The van der Waals surface area contributed by atoms with E-state index in [1.54, 1.807) is 23.1 Å². The number of halogens is 2. The number of nitrogens with zero attached hydrogens (tertiary/aromatic N) is 1. The fraction of sp³-hybridized carbons (Fsp3) is 0.263. The molecule has 25 heavy (non-hydrogen) atoms. The Labute approximate surface area is 151 Å². The maximum atomic E-state index is 13.1. The topological polar surface area (TPSA) is 49.4 Å². The zero-order chi connectivity index (χ0) is 18.2. The zero-order valence-electron chi connectivity index (χ0n) is 14.0. The van der Waals surface area contributed by atoms with E-state index in [-0.39, 0.29) is 24.8 Å².